The van der Waals surface area contributed by atoms with Gasteiger partial charge in [0.2, 0.25) is 0 Å². The average Bonchev–Trinajstić information content (AvgIpc) is 3.48. The Morgan fingerprint density at radius 1 is 1.27 bits per heavy atom. The van der Waals surface area contributed by atoms with E-state index in [0.29, 0.717) is 16.8 Å². The molecule has 1 saturated heterocycles. The zero-order valence-electron chi connectivity index (χ0n) is 18.4. The third-order valence-electron chi connectivity index (χ3n) is 5.58. The second-order valence-corrected chi connectivity index (χ2v) is 8.63. The molecule has 0 aromatic carbocycles. The van der Waals surface area contributed by atoms with Gasteiger partial charge in [0.1, 0.15) is 11.5 Å². The van der Waals surface area contributed by atoms with E-state index in [4.69, 9.17) is 4.74 Å². The molecule has 3 aromatic rings. The second kappa shape index (κ2) is 9.03. The quantitative estimate of drug-likeness (QED) is 0.247. The summed E-state index contributed by atoms with van der Waals surface area (Å²) in [6, 6.07) is 6.48. The minimum absolute atomic E-state index is 0.00745. The Morgan fingerprint density at radius 2 is 2.06 bits per heavy atom. The summed E-state index contributed by atoms with van der Waals surface area (Å²) in [6.07, 6.45) is 3.27. The van der Waals surface area contributed by atoms with Crippen LogP contribution in [-0.4, -0.2) is 44.2 Å². The molecule has 1 fully saturated rings. The topological polar surface area (TPSA) is 113 Å². The second-order valence-electron chi connectivity index (χ2n) is 7.65. The molecular formula is C24H23N3O5S. The van der Waals surface area contributed by atoms with Crippen molar-refractivity contribution in [1.82, 2.24) is 14.9 Å². The number of aliphatic hydroxyl groups is 1. The number of pyridine rings is 1. The van der Waals surface area contributed by atoms with Crippen molar-refractivity contribution >= 4 is 34.8 Å². The molecule has 1 amide bonds. The van der Waals surface area contributed by atoms with E-state index >= 15 is 0 Å². The van der Waals surface area contributed by atoms with Crippen LogP contribution in [0.4, 0.5) is 0 Å². The van der Waals surface area contributed by atoms with Gasteiger partial charge in [0.15, 0.2) is 0 Å². The van der Waals surface area contributed by atoms with E-state index in [2.05, 4.69) is 9.97 Å². The first-order chi connectivity index (χ1) is 15.8. The molecule has 0 aliphatic carbocycles. The van der Waals surface area contributed by atoms with Crippen LogP contribution in [0.3, 0.4) is 0 Å². The van der Waals surface area contributed by atoms with Gasteiger partial charge in [0.05, 0.1) is 18.2 Å². The predicted molar refractivity (Wildman–Crippen MR) is 123 cm³/mol. The molecule has 1 aliphatic rings. The Hall–Kier alpha value is -3.72. The smallest absolute Gasteiger partial charge is 0.355 e. The number of nitrogens with zero attached hydrogens (tertiary/aromatic N) is 2. The number of Topliss-reactive ketones (excluding diaryl/α,β-unsaturated/α-hetero) is 1. The molecule has 9 heteroatoms. The van der Waals surface area contributed by atoms with E-state index in [1.807, 2.05) is 23.6 Å². The number of likely N-dealkylation sites (tertiary alicyclic amines) is 1. The largest absolute Gasteiger partial charge is 0.507 e. The minimum Gasteiger partial charge on any atom is -0.507 e. The van der Waals surface area contributed by atoms with Crippen molar-refractivity contribution in [3.63, 3.8) is 0 Å². The fraction of sp³-hybridized carbons (Fsp3) is 0.250. The fourth-order valence-electron chi connectivity index (χ4n) is 4.12. The molecular weight excluding hydrogens is 442 g/mol. The number of nitrogens with one attached hydrogen (secondary N) is 1. The highest BCUT2D eigenvalue weighted by molar-refractivity contribution is 7.10. The average molecular weight is 466 g/mol. The van der Waals surface area contributed by atoms with Crippen LogP contribution in [0.15, 0.2) is 47.6 Å². The van der Waals surface area contributed by atoms with Crippen LogP contribution < -0.4 is 0 Å². The van der Waals surface area contributed by atoms with Crippen LogP contribution in [0.2, 0.25) is 0 Å². The number of thiophene rings is 1. The Balaban J connectivity index is 1.85. The van der Waals surface area contributed by atoms with E-state index in [1.54, 1.807) is 39.2 Å². The molecule has 4 heterocycles. The van der Waals surface area contributed by atoms with Crippen molar-refractivity contribution in [2.24, 2.45) is 0 Å². The molecule has 2 N–H and O–H groups in total. The lowest BCUT2D eigenvalue weighted by molar-refractivity contribution is -0.140. The van der Waals surface area contributed by atoms with Crippen molar-refractivity contribution in [2.45, 2.75) is 33.4 Å². The molecule has 0 spiro atoms. The third kappa shape index (κ3) is 3.95. The van der Waals surface area contributed by atoms with Crippen molar-refractivity contribution in [1.29, 1.82) is 0 Å². The summed E-state index contributed by atoms with van der Waals surface area (Å²) in [5.74, 6) is -2.34. The van der Waals surface area contributed by atoms with Crippen LogP contribution in [0.5, 0.6) is 0 Å². The van der Waals surface area contributed by atoms with Crippen molar-refractivity contribution in [3.8, 4) is 0 Å². The standard InChI is InChI=1S/C24H23N3O5S/c1-4-32-24(31)19-13(2)17(14(3)26-19)21(28)18-20(16-8-6-10-33-16)27(23(30)22(18)29)12-15-7-5-9-25-11-15/h5-11,20,26,28H,4,12H2,1-3H3/t20-/m1/s1. The number of aliphatic hydroxyl groups excluding tert-OH is 1. The van der Waals surface area contributed by atoms with Gasteiger partial charge in [-0.15, -0.1) is 11.3 Å². The first-order valence-electron chi connectivity index (χ1n) is 10.4. The number of aromatic nitrogens is 2. The van der Waals surface area contributed by atoms with Gasteiger partial charge < -0.3 is 19.7 Å². The molecule has 0 radical (unpaired) electrons. The molecule has 0 unspecified atom stereocenters. The van der Waals surface area contributed by atoms with Crippen molar-refractivity contribution < 1.29 is 24.2 Å². The zero-order valence-corrected chi connectivity index (χ0v) is 19.2. The summed E-state index contributed by atoms with van der Waals surface area (Å²) in [4.78, 5) is 47.8. The van der Waals surface area contributed by atoms with Gasteiger partial charge in [0.25, 0.3) is 11.7 Å². The first kappa shape index (κ1) is 22.5. The number of aromatic amines is 1. The summed E-state index contributed by atoms with van der Waals surface area (Å²) in [6.45, 7) is 5.43. The SMILES string of the molecule is CCOC(=O)c1[nH]c(C)c(C(O)=C2C(=O)C(=O)N(Cc3cccnc3)[C@@H]2c2cccs2)c1C. The summed E-state index contributed by atoms with van der Waals surface area (Å²) in [5.41, 5.74) is 2.22. The molecule has 4 rings (SSSR count). The molecule has 0 bridgehead atoms. The lowest BCUT2D eigenvalue weighted by atomic mass is 9.97. The number of hydrogen-bond donors (Lipinski definition) is 2. The van der Waals surface area contributed by atoms with E-state index in [1.165, 1.54) is 16.2 Å². The summed E-state index contributed by atoms with van der Waals surface area (Å²) >= 11 is 1.39. The van der Waals surface area contributed by atoms with Gasteiger partial charge in [0, 0.05) is 35.1 Å². The maximum absolute atomic E-state index is 13.2. The number of hydrogen-bond acceptors (Lipinski definition) is 7. The number of amides is 1. The number of carbonyl (C=O) groups is 3. The molecule has 33 heavy (non-hydrogen) atoms. The van der Waals surface area contributed by atoms with Crippen LogP contribution in [0.1, 0.15) is 50.7 Å². The molecule has 1 aliphatic heterocycles. The number of carbonyl (C=O) groups excluding carboxylic acids is 3. The first-order valence-corrected chi connectivity index (χ1v) is 11.3. The number of H-pyrrole nitrogens is 1. The van der Waals surface area contributed by atoms with Gasteiger partial charge >= 0.3 is 5.97 Å². The summed E-state index contributed by atoms with van der Waals surface area (Å²) in [7, 11) is 0. The lowest BCUT2D eigenvalue weighted by Crippen LogP contribution is -2.28. The highest BCUT2D eigenvalue weighted by Gasteiger charge is 2.47. The van der Waals surface area contributed by atoms with Crippen LogP contribution in [0.25, 0.3) is 5.76 Å². The van der Waals surface area contributed by atoms with E-state index in [-0.39, 0.29) is 30.2 Å². The maximum atomic E-state index is 13.2. The van der Waals surface area contributed by atoms with Gasteiger partial charge in [-0.2, -0.15) is 0 Å². The van der Waals surface area contributed by atoms with E-state index in [0.717, 1.165) is 10.4 Å². The third-order valence-corrected chi connectivity index (χ3v) is 6.51. The lowest BCUT2D eigenvalue weighted by Gasteiger charge is -2.24. The molecule has 1 atom stereocenters. The monoisotopic (exact) mass is 465 g/mol. The molecule has 3 aromatic heterocycles. The highest BCUT2D eigenvalue weighted by atomic mass is 32.1. The Morgan fingerprint density at radius 3 is 2.70 bits per heavy atom. The summed E-state index contributed by atoms with van der Waals surface area (Å²) < 4.78 is 5.08. The molecule has 8 nitrogen and oxygen atoms in total. The van der Waals surface area contributed by atoms with Gasteiger partial charge in [-0.3, -0.25) is 14.6 Å². The number of ketones is 1. The van der Waals surface area contributed by atoms with Crippen LogP contribution in [0, 0.1) is 13.8 Å². The van der Waals surface area contributed by atoms with Gasteiger partial charge in [-0.05, 0) is 49.4 Å². The number of rotatable bonds is 6. The van der Waals surface area contributed by atoms with Crippen molar-refractivity contribution in [2.75, 3.05) is 6.61 Å². The van der Waals surface area contributed by atoms with Gasteiger partial charge in [-0.1, -0.05) is 12.1 Å². The maximum Gasteiger partial charge on any atom is 0.355 e. The Bertz CT molecular complexity index is 1240. The zero-order chi connectivity index (χ0) is 23.7. The number of ether oxygens (including phenoxy) is 1. The highest BCUT2D eigenvalue weighted by Crippen LogP contribution is 2.42. The normalized spacial score (nSPS) is 17.5. The fourth-order valence-corrected chi connectivity index (χ4v) is 4.97. The van der Waals surface area contributed by atoms with Crippen LogP contribution >= 0.6 is 11.3 Å². The Labute approximate surface area is 194 Å². The minimum atomic E-state index is -0.771. The van der Waals surface area contributed by atoms with E-state index < -0.39 is 23.7 Å². The molecule has 170 valence electrons. The molecule has 0 saturated carbocycles. The Kier molecular flexibility index (Phi) is 6.15. The number of esters is 1. The predicted octanol–water partition coefficient (Wildman–Crippen LogP) is 3.89. The van der Waals surface area contributed by atoms with Gasteiger partial charge in [-0.25, -0.2) is 4.79 Å². The van der Waals surface area contributed by atoms with Crippen molar-refractivity contribution in [3.05, 3.63) is 80.6 Å². The van der Waals surface area contributed by atoms with Crippen LogP contribution in [-0.2, 0) is 20.9 Å². The number of aryl methyl sites for hydroxylation is 1. The van der Waals surface area contributed by atoms with E-state index in [9.17, 15) is 19.5 Å². The summed E-state index contributed by atoms with van der Waals surface area (Å²) in [5, 5.41) is 13.2.